The molecule has 1 heterocycles. The minimum absolute atomic E-state index is 0.156. The van der Waals surface area contributed by atoms with Gasteiger partial charge in [-0.25, -0.2) is 4.98 Å². The number of pyridine rings is 1. The SMILES string of the molecule is CCC(CC)C(N)CNc1ncccc1C(F)(F)F. The van der Waals surface area contributed by atoms with Crippen molar-refractivity contribution in [2.24, 2.45) is 11.7 Å². The summed E-state index contributed by atoms with van der Waals surface area (Å²) in [6.45, 7) is 4.33. The maximum absolute atomic E-state index is 12.8. The second-order valence-electron chi connectivity index (χ2n) is 4.52. The summed E-state index contributed by atoms with van der Waals surface area (Å²) in [5.74, 6) is 0.141. The van der Waals surface area contributed by atoms with Crippen LogP contribution in [0.4, 0.5) is 19.0 Å². The minimum atomic E-state index is -4.41. The number of alkyl halides is 3. The van der Waals surface area contributed by atoms with Crippen LogP contribution in [0.5, 0.6) is 0 Å². The molecule has 0 spiro atoms. The molecule has 0 bridgehead atoms. The van der Waals surface area contributed by atoms with Crippen LogP contribution in [0.1, 0.15) is 32.3 Å². The Labute approximate surface area is 111 Å². The number of nitrogens with zero attached hydrogens (tertiary/aromatic N) is 1. The predicted molar refractivity (Wildman–Crippen MR) is 69.8 cm³/mol. The molecule has 1 rings (SSSR count). The van der Waals surface area contributed by atoms with Crippen molar-refractivity contribution in [1.29, 1.82) is 0 Å². The van der Waals surface area contributed by atoms with Gasteiger partial charge in [0, 0.05) is 18.8 Å². The molecule has 0 aliphatic heterocycles. The van der Waals surface area contributed by atoms with Gasteiger partial charge in [0.1, 0.15) is 5.82 Å². The third-order valence-corrected chi connectivity index (χ3v) is 3.27. The molecule has 6 heteroatoms. The van der Waals surface area contributed by atoms with Crippen molar-refractivity contribution < 1.29 is 13.2 Å². The van der Waals surface area contributed by atoms with Crippen LogP contribution >= 0.6 is 0 Å². The summed E-state index contributed by atoms with van der Waals surface area (Å²) < 4.78 is 38.3. The van der Waals surface area contributed by atoms with Crippen molar-refractivity contribution >= 4 is 5.82 Å². The maximum Gasteiger partial charge on any atom is 0.419 e. The van der Waals surface area contributed by atoms with E-state index in [0.29, 0.717) is 5.92 Å². The summed E-state index contributed by atoms with van der Waals surface area (Å²) >= 11 is 0. The number of anilines is 1. The fraction of sp³-hybridized carbons (Fsp3) is 0.615. The first-order valence-electron chi connectivity index (χ1n) is 6.41. The van der Waals surface area contributed by atoms with E-state index in [-0.39, 0.29) is 18.4 Å². The molecule has 19 heavy (non-hydrogen) atoms. The maximum atomic E-state index is 12.8. The second-order valence-corrected chi connectivity index (χ2v) is 4.52. The highest BCUT2D eigenvalue weighted by Crippen LogP contribution is 2.33. The van der Waals surface area contributed by atoms with Gasteiger partial charge < -0.3 is 11.1 Å². The largest absolute Gasteiger partial charge is 0.419 e. The average molecular weight is 275 g/mol. The van der Waals surface area contributed by atoms with Crippen molar-refractivity contribution in [1.82, 2.24) is 4.98 Å². The zero-order chi connectivity index (χ0) is 14.5. The predicted octanol–water partition coefficient (Wildman–Crippen LogP) is 3.28. The normalized spacial score (nSPS) is 13.6. The Morgan fingerprint density at radius 1 is 1.32 bits per heavy atom. The summed E-state index contributed by atoms with van der Waals surface area (Å²) in [6.07, 6.45) is -1.25. The van der Waals surface area contributed by atoms with Gasteiger partial charge in [0.15, 0.2) is 0 Å². The lowest BCUT2D eigenvalue weighted by Crippen LogP contribution is -2.36. The Morgan fingerprint density at radius 2 is 1.95 bits per heavy atom. The Hall–Kier alpha value is -1.30. The Bertz CT molecular complexity index is 389. The fourth-order valence-corrected chi connectivity index (χ4v) is 2.05. The third-order valence-electron chi connectivity index (χ3n) is 3.27. The molecule has 1 aromatic heterocycles. The van der Waals surface area contributed by atoms with E-state index in [1.54, 1.807) is 0 Å². The van der Waals surface area contributed by atoms with Gasteiger partial charge in [-0.15, -0.1) is 0 Å². The monoisotopic (exact) mass is 275 g/mol. The lowest BCUT2D eigenvalue weighted by Gasteiger charge is -2.22. The number of rotatable bonds is 6. The van der Waals surface area contributed by atoms with Crippen LogP contribution < -0.4 is 11.1 Å². The quantitative estimate of drug-likeness (QED) is 0.837. The van der Waals surface area contributed by atoms with E-state index >= 15 is 0 Å². The van der Waals surface area contributed by atoms with Crippen LogP contribution in [0.2, 0.25) is 0 Å². The summed E-state index contributed by atoms with van der Waals surface area (Å²) in [6, 6.07) is 2.10. The molecule has 0 aliphatic rings. The summed E-state index contributed by atoms with van der Waals surface area (Å²) in [7, 11) is 0. The van der Waals surface area contributed by atoms with Gasteiger partial charge in [-0.1, -0.05) is 26.7 Å². The first-order chi connectivity index (χ1) is 8.90. The number of aromatic nitrogens is 1. The first-order valence-corrected chi connectivity index (χ1v) is 6.41. The van der Waals surface area contributed by atoms with E-state index in [1.807, 2.05) is 13.8 Å². The van der Waals surface area contributed by atoms with Crippen LogP contribution in [0.15, 0.2) is 18.3 Å². The van der Waals surface area contributed by atoms with Gasteiger partial charge in [0.25, 0.3) is 0 Å². The first kappa shape index (κ1) is 15.8. The summed E-state index contributed by atoms with van der Waals surface area (Å²) in [5, 5.41) is 2.71. The summed E-state index contributed by atoms with van der Waals surface area (Å²) in [5.41, 5.74) is 5.22. The van der Waals surface area contributed by atoms with Crippen LogP contribution in [0, 0.1) is 5.92 Å². The van der Waals surface area contributed by atoms with Crippen molar-refractivity contribution in [2.75, 3.05) is 11.9 Å². The minimum Gasteiger partial charge on any atom is -0.368 e. The number of halogens is 3. The van der Waals surface area contributed by atoms with Crippen LogP contribution in [-0.2, 0) is 6.18 Å². The van der Waals surface area contributed by atoms with E-state index in [4.69, 9.17) is 5.73 Å². The molecule has 3 N–H and O–H groups in total. The zero-order valence-corrected chi connectivity index (χ0v) is 11.2. The average Bonchev–Trinajstić information content (AvgIpc) is 2.37. The van der Waals surface area contributed by atoms with Crippen molar-refractivity contribution in [2.45, 2.75) is 38.9 Å². The molecule has 3 nitrogen and oxygen atoms in total. The smallest absolute Gasteiger partial charge is 0.368 e. The van der Waals surface area contributed by atoms with Gasteiger partial charge in [-0.2, -0.15) is 13.2 Å². The Morgan fingerprint density at radius 3 is 2.47 bits per heavy atom. The number of hydrogen-bond acceptors (Lipinski definition) is 3. The van der Waals surface area contributed by atoms with Crippen molar-refractivity contribution in [3.8, 4) is 0 Å². The molecule has 1 unspecified atom stereocenters. The highest BCUT2D eigenvalue weighted by molar-refractivity contribution is 5.45. The molecule has 0 saturated heterocycles. The standard InChI is InChI=1S/C13H20F3N3/c1-3-9(4-2)11(17)8-19-12-10(13(14,15)16)6-5-7-18-12/h5-7,9,11H,3-4,8,17H2,1-2H3,(H,18,19). The Kier molecular flexibility index (Phi) is 5.60. The van der Waals surface area contributed by atoms with Crippen molar-refractivity contribution in [3.05, 3.63) is 23.9 Å². The Balaban J connectivity index is 2.73. The fourth-order valence-electron chi connectivity index (χ4n) is 2.05. The molecule has 0 aromatic carbocycles. The van der Waals surface area contributed by atoms with Gasteiger partial charge in [0.05, 0.1) is 5.56 Å². The number of nitrogens with two attached hydrogens (primary N) is 1. The van der Waals surface area contributed by atoms with Crippen LogP contribution in [-0.4, -0.2) is 17.6 Å². The lowest BCUT2D eigenvalue weighted by atomic mass is 9.95. The molecular formula is C13H20F3N3. The molecule has 0 saturated carbocycles. The van der Waals surface area contributed by atoms with Gasteiger partial charge in [-0.3, -0.25) is 0 Å². The van der Waals surface area contributed by atoms with Crippen LogP contribution in [0.25, 0.3) is 0 Å². The summed E-state index contributed by atoms with van der Waals surface area (Å²) in [4.78, 5) is 3.74. The van der Waals surface area contributed by atoms with E-state index in [2.05, 4.69) is 10.3 Å². The molecule has 1 aromatic rings. The van der Waals surface area contributed by atoms with E-state index in [0.717, 1.165) is 18.9 Å². The molecule has 0 radical (unpaired) electrons. The van der Waals surface area contributed by atoms with E-state index in [1.165, 1.54) is 12.3 Å². The highest BCUT2D eigenvalue weighted by Gasteiger charge is 2.34. The van der Waals surface area contributed by atoms with Crippen LogP contribution in [0.3, 0.4) is 0 Å². The van der Waals surface area contributed by atoms with Gasteiger partial charge >= 0.3 is 6.18 Å². The van der Waals surface area contributed by atoms with Gasteiger partial charge in [0.2, 0.25) is 0 Å². The molecule has 108 valence electrons. The molecular weight excluding hydrogens is 255 g/mol. The molecule has 0 fully saturated rings. The lowest BCUT2D eigenvalue weighted by molar-refractivity contribution is -0.137. The van der Waals surface area contributed by atoms with E-state index < -0.39 is 11.7 Å². The van der Waals surface area contributed by atoms with Gasteiger partial charge in [-0.05, 0) is 18.1 Å². The molecule has 0 amide bonds. The number of nitrogens with one attached hydrogen (secondary N) is 1. The third kappa shape index (κ3) is 4.38. The molecule has 1 atom stereocenters. The van der Waals surface area contributed by atoms with E-state index in [9.17, 15) is 13.2 Å². The van der Waals surface area contributed by atoms with Crippen molar-refractivity contribution in [3.63, 3.8) is 0 Å². The molecule has 0 aliphatic carbocycles. The highest BCUT2D eigenvalue weighted by atomic mass is 19.4. The number of hydrogen-bond donors (Lipinski definition) is 2. The topological polar surface area (TPSA) is 50.9 Å². The second kappa shape index (κ2) is 6.75. The zero-order valence-electron chi connectivity index (χ0n) is 11.2.